The fourth-order valence-electron chi connectivity index (χ4n) is 4.43. The third-order valence-corrected chi connectivity index (χ3v) is 9.05. The van der Waals surface area contributed by atoms with Crippen LogP contribution in [0.4, 0.5) is 5.00 Å². The zero-order valence-electron chi connectivity index (χ0n) is 22.4. The Labute approximate surface area is 246 Å². The molecule has 4 aromatic rings. The second-order valence-electron chi connectivity index (χ2n) is 10.7. The molecule has 0 spiro atoms. The summed E-state index contributed by atoms with van der Waals surface area (Å²) >= 11 is 12.5. The number of anilines is 1. The Morgan fingerprint density at radius 1 is 1.10 bits per heavy atom. The number of aldehydes is 1. The van der Waals surface area contributed by atoms with E-state index in [1.54, 1.807) is 4.57 Å². The highest BCUT2D eigenvalue weighted by Crippen LogP contribution is 2.44. The summed E-state index contributed by atoms with van der Waals surface area (Å²) in [7, 11) is 0. The molecule has 0 bridgehead atoms. The Bertz CT molecular complexity index is 1510. The van der Waals surface area contributed by atoms with Crippen molar-refractivity contribution in [2.45, 2.75) is 53.1 Å². The van der Waals surface area contributed by atoms with E-state index < -0.39 is 16.8 Å². The molecule has 0 aliphatic heterocycles. The van der Waals surface area contributed by atoms with Crippen molar-refractivity contribution in [3.8, 4) is 22.5 Å². The molecule has 0 fully saturated rings. The molecule has 1 atom stereocenters. The smallest absolute Gasteiger partial charge is 0.263 e. The monoisotopic (exact) mass is 603 g/mol. The number of aromatic nitrogens is 2. The fraction of sp³-hybridized carbons (Fsp3) is 0.310. The van der Waals surface area contributed by atoms with Crippen LogP contribution in [0.15, 0.2) is 54.6 Å². The number of hydrogen-bond donors (Lipinski definition) is 1. The molecule has 0 aliphatic carbocycles. The van der Waals surface area contributed by atoms with E-state index in [4.69, 9.17) is 23.2 Å². The highest BCUT2D eigenvalue weighted by molar-refractivity contribution is 7.81. The standard InChI is InChI=1S/C29H31Cl2N3O3S2/c1-18(2)13-22-15-23(28(38-22)34(39(36)37)29(3,4)5)20-11-12-21(24(30)14-20)16-33-25(17-35)26(31)32-27(33)19-9-7-6-8-10-19/h6-12,14-15,17-18H,13,16H2,1-5H3,(H,36,37). The lowest BCUT2D eigenvalue weighted by atomic mass is 10.0. The second-order valence-corrected chi connectivity index (χ2v) is 13.4. The number of carbonyl (C=O) groups is 1. The van der Waals surface area contributed by atoms with Gasteiger partial charge in [0.25, 0.3) is 11.3 Å². The van der Waals surface area contributed by atoms with E-state index in [1.165, 1.54) is 15.6 Å². The predicted molar refractivity (Wildman–Crippen MR) is 163 cm³/mol. The van der Waals surface area contributed by atoms with Crippen molar-refractivity contribution in [3.63, 3.8) is 0 Å². The molecule has 2 heterocycles. The zero-order valence-corrected chi connectivity index (χ0v) is 25.6. The highest BCUT2D eigenvalue weighted by atomic mass is 35.5. The van der Waals surface area contributed by atoms with E-state index in [9.17, 15) is 13.6 Å². The van der Waals surface area contributed by atoms with Crippen LogP contribution < -0.4 is 4.31 Å². The quantitative estimate of drug-likeness (QED) is 0.154. The van der Waals surface area contributed by atoms with E-state index in [2.05, 4.69) is 24.9 Å². The van der Waals surface area contributed by atoms with Crippen molar-refractivity contribution >= 4 is 57.1 Å². The van der Waals surface area contributed by atoms with Crippen LogP contribution >= 0.6 is 34.5 Å². The van der Waals surface area contributed by atoms with Crippen LogP contribution in [-0.2, 0) is 24.2 Å². The van der Waals surface area contributed by atoms with E-state index in [1.807, 2.05) is 69.3 Å². The second kappa shape index (κ2) is 11.9. The lowest BCUT2D eigenvalue weighted by Crippen LogP contribution is -2.42. The van der Waals surface area contributed by atoms with Crippen LogP contribution in [0.3, 0.4) is 0 Å². The molecule has 1 N–H and O–H groups in total. The molecular weight excluding hydrogens is 573 g/mol. The first kappa shape index (κ1) is 29.5. The summed E-state index contributed by atoms with van der Waals surface area (Å²) in [5, 5.41) is 1.36. The molecule has 39 heavy (non-hydrogen) atoms. The van der Waals surface area contributed by atoms with Gasteiger partial charge in [-0.05, 0) is 56.4 Å². The molecule has 0 saturated heterocycles. The topological polar surface area (TPSA) is 75.4 Å². The van der Waals surface area contributed by atoms with Gasteiger partial charge in [-0.1, -0.05) is 79.5 Å². The average Bonchev–Trinajstić information content (AvgIpc) is 3.39. The molecule has 206 valence electrons. The number of hydrogen-bond acceptors (Lipinski definition) is 4. The van der Waals surface area contributed by atoms with Gasteiger partial charge in [-0.2, -0.15) is 0 Å². The number of imidazole rings is 1. The van der Waals surface area contributed by atoms with Gasteiger partial charge in [0.15, 0.2) is 11.4 Å². The molecule has 0 radical (unpaired) electrons. The van der Waals surface area contributed by atoms with E-state index in [0.717, 1.165) is 38.6 Å². The minimum absolute atomic E-state index is 0.136. The summed E-state index contributed by atoms with van der Waals surface area (Å²) in [5.74, 6) is 1.01. The van der Waals surface area contributed by atoms with Crippen LogP contribution in [0.25, 0.3) is 22.5 Å². The molecule has 4 rings (SSSR count). The Kier molecular flexibility index (Phi) is 9.03. The van der Waals surface area contributed by atoms with Crippen molar-refractivity contribution in [1.82, 2.24) is 9.55 Å². The minimum atomic E-state index is -2.21. The summed E-state index contributed by atoms with van der Waals surface area (Å²) < 4.78 is 26.0. The van der Waals surface area contributed by atoms with Gasteiger partial charge >= 0.3 is 0 Å². The summed E-state index contributed by atoms with van der Waals surface area (Å²) in [6.07, 6.45) is 1.56. The molecule has 10 heteroatoms. The summed E-state index contributed by atoms with van der Waals surface area (Å²) in [5.41, 5.74) is 3.00. The normalized spacial score (nSPS) is 12.6. The maximum Gasteiger partial charge on any atom is 0.263 e. The summed E-state index contributed by atoms with van der Waals surface area (Å²) in [6.45, 7) is 10.3. The van der Waals surface area contributed by atoms with Crippen LogP contribution in [0, 0.1) is 5.92 Å². The van der Waals surface area contributed by atoms with Crippen molar-refractivity contribution in [3.05, 3.63) is 80.9 Å². The van der Waals surface area contributed by atoms with Crippen molar-refractivity contribution in [2.24, 2.45) is 5.92 Å². The van der Waals surface area contributed by atoms with Crippen LogP contribution in [-0.4, -0.2) is 30.1 Å². The van der Waals surface area contributed by atoms with Gasteiger partial charge in [-0.3, -0.25) is 13.7 Å². The molecule has 2 aromatic carbocycles. The zero-order chi connectivity index (χ0) is 28.5. The number of rotatable bonds is 9. The van der Waals surface area contributed by atoms with E-state index in [-0.39, 0.29) is 10.8 Å². The molecule has 1 unspecified atom stereocenters. The molecule has 0 saturated carbocycles. The summed E-state index contributed by atoms with van der Waals surface area (Å²) in [6, 6.07) is 17.3. The fourth-order valence-corrected chi connectivity index (χ4v) is 7.40. The van der Waals surface area contributed by atoms with Crippen LogP contribution in [0.2, 0.25) is 10.2 Å². The van der Waals surface area contributed by atoms with Gasteiger partial charge in [0.05, 0.1) is 6.54 Å². The number of carbonyl (C=O) groups excluding carboxylic acids is 1. The van der Waals surface area contributed by atoms with Gasteiger partial charge in [-0.15, -0.1) is 11.3 Å². The first-order valence-electron chi connectivity index (χ1n) is 12.5. The lowest BCUT2D eigenvalue weighted by molar-refractivity contribution is 0.111. The Morgan fingerprint density at radius 2 is 1.79 bits per heavy atom. The van der Waals surface area contributed by atoms with Gasteiger partial charge in [-0.25, -0.2) is 9.19 Å². The van der Waals surface area contributed by atoms with Crippen molar-refractivity contribution < 1.29 is 13.6 Å². The third kappa shape index (κ3) is 6.47. The molecule has 6 nitrogen and oxygen atoms in total. The Morgan fingerprint density at radius 3 is 2.36 bits per heavy atom. The average molecular weight is 605 g/mol. The number of halogens is 2. The highest BCUT2D eigenvalue weighted by Gasteiger charge is 2.31. The SMILES string of the molecule is CC(C)Cc1cc(-c2ccc(Cn3c(-c4ccccc4)nc(Cl)c3C=O)c(Cl)c2)c(N(S(=O)O)C(C)(C)C)s1. The third-order valence-electron chi connectivity index (χ3n) is 6.12. The van der Waals surface area contributed by atoms with Crippen molar-refractivity contribution in [1.29, 1.82) is 0 Å². The molecule has 0 aliphatic rings. The first-order chi connectivity index (χ1) is 18.4. The maximum absolute atomic E-state index is 12.5. The van der Waals surface area contributed by atoms with Crippen molar-refractivity contribution in [2.75, 3.05) is 4.31 Å². The number of thiophene rings is 1. The van der Waals surface area contributed by atoms with Gasteiger partial charge < -0.3 is 4.57 Å². The minimum Gasteiger partial charge on any atom is -0.316 e. The summed E-state index contributed by atoms with van der Waals surface area (Å²) in [4.78, 5) is 17.5. The maximum atomic E-state index is 12.5. The van der Waals surface area contributed by atoms with Gasteiger partial charge in [0, 0.05) is 26.6 Å². The molecular formula is C29H31Cl2N3O3S2. The molecule has 2 aromatic heterocycles. The number of benzene rings is 2. The van der Waals surface area contributed by atoms with E-state index >= 15 is 0 Å². The van der Waals surface area contributed by atoms with Gasteiger partial charge in [0.2, 0.25) is 0 Å². The lowest BCUT2D eigenvalue weighted by Gasteiger charge is -2.33. The largest absolute Gasteiger partial charge is 0.316 e. The van der Waals surface area contributed by atoms with Crippen LogP contribution in [0.1, 0.15) is 55.5 Å². The predicted octanol–water partition coefficient (Wildman–Crippen LogP) is 8.39. The Balaban J connectivity index is 1.78. The number of nitrogens with zero attached hydrogens (tertiary/aromatic N) is 3. The van der Waals surface area contributed by atoms with Crippen LogP contribution in [0.5, 0.6) is 0 Å². The first-order valence-corrected chi connectivity index (χ1v) is 15.1. The Hall–Kier alpha value is -2.49. The van der Waals surface area contributed by atoms with Gasteiger partial charge in [0.1, 0.15) is 16.5 Å². The van der Waals surface area contributed by atoms with E-state index in [0.29, 0.717) is 29.6 Å². The molecule has 0 amide bonds.